The van der Waals surface area contributed by atoms with Crippen LogP contribution in [0.25, 0.3) is 0 Å². The SMILES string of the molecule is COc1cc(CN2CCC3(CCNC3)C2)ccc1OCC(F)(F)F.Cl. The number of ether oxygens (including phenoxy) is 2. The van der Waals surface area contributed by atoms with E-state index in [1.54, 1.807) is 12.1 Å². The van der Waals surface area contributed by atoms with Crippen molar-refractivity contribution in [2.24, 2.45) is 5.41 Å². The second-order valence-electron chi connectivity index (χ2n) is 6.78. The summed E-state index contributed by atoms with van der Waals surface area (Å²) < 4.78 is 46.9. The van der Waals surface area contributed by atoms with Crippen LogP contribution < -0.4 is 14.8 Å². The van der Waals surface area contributed by atoms with Gasteiger partial charge in [-0.3, -0.25) is 4.90 Å². The number of nitrogens with zero attached hydrogens (tertiary/aromatic N) is 1. The molecule has 0 aromatic heterocycles. The monoisotopic (exact) mass is 380 g/mol. The molecule has 0 amide bonds. The molecule has 0 saturated carbocycles. The van der Waals surface area contributed by atoms with Gasteiger partial charge in [-0.05, 0) is 49.0 Å². The summed E-state index contributed by atoms with van der Waals surface area (Å²) in [5.74, 6) is 0.463. The number of methoxy groups -OCH3 is 1. The Hall–Kier alpha value is -1.18. The van der Waals surface area contributed by atoms with E-state index in [-0.39, 0.29) is 18.2 Å². The Morgan fingerprint density at radius 2 is 2.04 bits per heavy atom. The van der Waals surface area contributed by atoms with Gasteiger partial charge in [0, 0.05) is 19.6 Å². The lowest BCUT2D eigenvalue weighted by molar-refractivity contribution is -0.153. The standard InChI is InChI=1S/C17H23F3N2O2.ClH/c1-23-15-8-13(2-3-14(15)24-12-17(18,19)20)9-22-7-5-16(11-22)4-6-21-10-16;/h2-3,8,21H,4-7,9-12H2,1H3;1H. The normalized spacial score (nSPS) is 23.7. The van der Waals surface area contributed by atoms with Crippen molar-refractivity contribution in [2.45, 2.75) is 25.6 Å². The number of hydrogen-bond donors (Lipinski definition) is 1. The quantitative estimate of drug-likeness (QED) is 0.850. The van der Waals surface area contributed by atoms with E-state index >= 15 is 0 Å². The largest absolute Gasteiger partial charge is 0.493 e. The molecular formula is C17H24ClF3N2O2. The molecule has 1 aromatic rings. The molecule has 1 spiro atoms. The molecular weight excluding hydrogens is 357 g/mol. The van der Waals surface area contributed by atoms with Crippen LogP contribution in [0.3, 0.4) is 0 Å². The third kappa shape index (κ3) is 5.15. The van der Waals surface area contributed by atoms with E-state index < -0.39 is 12.8 Å². The van der Waals surface area contributed by atoms with Crippen LogP contribution in [0.4, 0.5) is 13.2 Å². The minimum atomic E-state index is -4.36. The van der Waals surface area contributed by atoms with Gasteiger partial charge in [0.2, 0.25) is 0 Å². The van der Waals surface area contributed by atoms with Gasteiger partial charge in [0.1, 0.15) is 0 Å². The molecule has 0 aliphatic carbocycles. The minimum absolute atomic E-state index is 0. The Labute approximate surface area is 152 Å². The van der Waals surface area contributed by atoms with Gasteiger partial charge >= 0.3 is 6.18 Å². The summed E-state index contributed by atoms with van der Waals surface area (Å²) in [6.45, 7) is 3.75. The molecule has 2 aliphatic rings. The molecule has 1 atom stereocenters. The third-order valence-electron chi connectivity index (χ3n) is 4.88. The van der Waals surface area contributed by atoms with E-state index in [4.69, 9.17) is 9.47 Å². The molecule has 8 heteroatoms. The van der Waals surface area contributed by atoms with Gasteiger partial charge in [-0.1, -0.05) is 6.07 Å². The van der Waals surface area contributed by atoms with Crippen LogP contribution in [0.2, 0.25) is 0 Å². The topological polar surface area (TPSA) is 33.7 Å². The predicted octanol–water partition coefficient (Wildman–Crippen LogP) is 3.24. The summed E-state index contributed by atoms with van der Waals surface area (Å²) in [4.78, 5) is 2.40. The molecule has 142 valence electrons. The van der Waals surface area contributed by atoms with Gasteiger partial charge in [-0.25, -0.2) is 0 Å². The van der Waals surface area contributed by atoms with Crippen LogP contribution >= 0.6 is 12.4 Å². The van der Waals surface area contributed by atoms with Gasteiger partial charge in [0.15, 0.2) is 18.1 Å². The van der Waals surface area contributed by atoms with Gasteiger partial charge < -0.3 is 14.8 Å². The molecule has 0 bridgehead atoms. The molecule has 3 rings (SSSR count). The van der Waals surface area contributed by atoms with Gasteiger partial charge in [-0.15, -0.1) is 12.4 Å². The number of nitrogens with one attached hydrogen (secondary N) is 1. The van der Waals surface area contributed by atoms with Crippen LogP contribution in [-0.4, -0.2) is 51.0 Å². The lowest BCUT2D eigenvalue weighted by Crippen LogP contribution is -2.28. The van der Waals surface area contributed by atoms with E-state index in [0.717, 1.165) is 38.3 Å². The maximum atomic E-state index is 12.3. The maximum Gasteiger partial charge on any atom is 0.422 e. The highest BCUT2D eigenvalue weighted by Gasteiger charge is 2.40. The number of rotatable bonds is 5. The lowest BCUT2D eigenvalue weighted by atomic mass is 9.86. The van der Waals surface area contributed by atoms with E-state index in [0.29, 0.717) is 11.2 Å². The number of benzene rings is 1. The fraction of sp³-hybridized carbons (Fsp3) is 0.647. The fourth-order valence-electron chi connectivity index (χ4n) is 3.65. The number of hydrogen-bond acceptors (Lipinski definition) is 4. The van der Waals surface area contributed by atoms with Crippen molar-refractivity contribution in [3.63, 3.8) is 0 Å². The molecule has 1 N–H and O–H groups in total. The van der Waals surface area contributed by atoms with E-state index in [9.17, 15) is 13.2 Å². The average Bonchev–Trinajstić information content (AvgIpc) is 3.15. The lowest BCUT2D eigenvalue weighted by Gasteiger charge is -2.23. The van der Waals surface area contributed by atoms with E-state index in [1.807, 2.05) is 6.07 Å². The predicted molar refractivity (Wildman–Crippen MR) is 91.6 cm³/mol. The van der Waals surface area contributed by atoms with Crippen molar-refractivity contribution in [1.82, 2.24) is 10.2 Å². The van der Waals surface area contributed by atoms with Crippen LogP contribution in [0.15, 0.2) is 18.2 Å². The van der Waals surface area contributed by atoms with Crippen molar-refractivity contribution >= 4 is 12.4 Å². The van der Waals surface area contributed by atoms with Gasteiger partial charge in [-0.2, -0.15) is 13.2 Å². The zero-order valence-corrected chi connectivity index (χ0v) is 15.0. The molecule has 2 heterocycles. The Balaban J connectivity index is 0.00000225. The first-order chi connectivity index (χ1) is 11.4. The first kappa shape index (κ1) is 20.1. The average molecular weight is 381 g/mol. The Morgan fingerprint density at radius 3 is 2.68 bits per heavy atom. The second-order valence-corrected chi connectivity index (χ2v) is 6.78. The third-order valence-corrected chi connectivity index (χ3v) is 4.88. The number of alkyl halides is 3. The Bertz CT molecular complexity index is 578. The van der Waals surface area contributed by atoms with Crippen molar-refractivity contribution in [1.29, 1.82) is 0 Å². The molecule has 25 heavy (non-hydrogen) atoms. The summed E-state index contributed by atoms with van der Waals surface area (Å²) in [6.07, 6.45) is -1.94. The van der Waals surface area contributed by atoms with Crippen LogP contribution in [0, 0.1) is 5.41 Å². The first-order valence-corrected chi connectivity index (χ1v) is 8.19. The molecule has 1 unspecified atom stereocenters. The number of likely N-dealkylation sites (tertiary alicyclic amines) is 1. The van der Waals surface area contributed by atoms with Crippen molar-refractivity contribution in [3.05, 3.63) is 23.8 Å². The zero-order valence-electron chi connectivity index (χ0n) is 14.2. The van der Waals surface area contributed by atoms with Crippen LogP contribution in [-0.2, 0) is 6.54 Å². The molecule has 4 nitrogen and oxygen atoms in total. The summed E-state index contributed by atoms with van der Waals surface area (Å²) in [6, 6.07) is 5.14. The Morgan fingerprint density at radius 1 is 1.24 bits per heavy atom. The van der Waals surface area contributed by atoms with Crippen molar-refractivity contribution < 1.29 is 22.6 Å². The number of halogens is 4. The van der Waals surface area contributed by atoms with Crippen molar-refractivity contribution in [2.75, 3.05) is 39.9 Å². The minimum Gasteiger partial charge on any atom is -0.493 e. The first-order valence-electron chi connectivity index (χ1n) is 8.19. The molecule has 2 aliphatic heterocycles. The highest BCUT2D eigenvalue weighted by molar-refractivity contribution is 5.85. The Kier molecular flexibility index (Phi) is 6.45. The molecule has 0 radical (unpaired) electrons. The van der Waals surface area contributed by atoms with Gasteiger partial charge in [0.05, 0.1) is 7.11 Å². The van der Waals surface area contributed by atoms with Crippen molar-refractivity contribution in [3.8, 4) is 11.5 Å². The highest BCUT2D eigenvalue weighted by Crippen LogP contribution is 2.37. The summed E-state index contributed by atoms with van der Waals surface area (Å²) in [5, 5.41) is 3.44. The molecule has 2 fully saturated rings. The smallest absolute Gasteiger partial charge is 0.422 e. The molecule has 1 aromatic carbocycles. The summed E-state index contributed by atoms with van der Waals surface area (Å²) in [5.41, 5.74) is 1.43. The fourth-order valence-corrected chi connectivity index (χ4v) is 3.65. The van der Waals surface area contributed by atoms with Crippen LogP contribution in [0.1, 0.15) is 18.4 Å². The maximum absolute atomic E-state index is 12.3. The highest BCUT2D eigenvalue weighted by atomic mass is 35.5. The van der Waals surface area contributed by atoms with E-state index in [2.05, 4.69) is 10.2 Å². The summed E-state index contributed by atoms with van der Waals surface area (Å²) >= 11 is 0. The zero-order chi connectivity index (χ0) is 17.2. The molecule has 2 saturated heterocycles. The van der Waals surface area contributed by atoms with Gasteiger partial charge in [0.25, 0.3) is 0 Å². The summed E-state index contributed by atoms with van der Waals surface area (Å²) in [7, 11) is 1.44. The second kappa shape index (κ2) is 8.01. The van der Waals surface area contributed by atoms with Crippen LogP contribution in [0.5, 0.6) is 11.5 Å². The van der Waals surface area contributed by atoms with E-state index in [1.165, 1.54) is 20.0 Å².